The molecule has 0 atom stereocenters. The molecule has 0 spiro atoms. The van der Waals surface area contributed by atoms with E-state index >= 15 is 8.78 Å². The van der Waals surface area contributed by atoms with Crippen molar-refractivity contribution in [3.8, 4) is 16.9 Å². The van der Waals surface area contributed by atoms with E-state index in [1.54, 1.807) is 6.07 Å². The van der Waals surface area contributed by atoms with Gasteiger partial charge in [0.05, 0.1) is 6.61 Å². The minimum absolute atomic E-state index is 0.0529. The average molecular weight is 615 g/mol. The van der Waals surface area contributed by atoms with Gasteiger partial charge in [-0.3, -0.25) is 0 Å². The predicted molar refractivity (Wildman–Crippen MR) is 174 cm³/mol. The zero-order valence-electron chi connectivity index (χ0n) is 27.1. The van der Waals surface area contributed by atoms with Crippen molar-refractivity contribution >= 4 is 0 Å². The summed E-state index contributed by atoms with van der Waals surface area (Å²) in [4.78, 5) is 0. The number of allylic oxidation sites excluding steroid dienone is 2. The third-order valence-corrected chi connectivity index (χ3v) is 10.2. The first kappa shape index (κ1) is 34.6. The first-order chi connectivity index (χ1) is 21.4. The van der Waals surface area contributed by atoms with Crippen LogP contribution in [-0.4, -0.2) is 6.61 Å². The summed E-state index contributed by atoms with van der Waals surface area (Å²) >= 11 is 0. The Hall–Kier alpha value is -2.30. The average Bonchev–Trinajstić information content (AvgIpc) is 3.04. The Morgan fingerprint density at radius 1 is 0.636 bits per heavy atom. The molecule has 2 aliphatic carbocycles. The molecule has 4 rings (SSSR count). The van der Waals surface area contributed by atoms with E-state index < -0.39 is 23.3 Å². The molecular weight excluding hydrogens is 560 g/mol. The summed E-state index contributed by atoms with van der Waals surface area (Å²) in [6.07, 6.45) is 25.5. The van der Waals surface area contributed by atoms with Crippen LogP contribution in [0.5, 0.6) is 5.75 Å². The SMILES string of the molecule is CCCCCCOc1ccc(-c2ccc(C3CCC(CC/C=C/C4CCC(CCCCC)CC4)CC3)c(F)c2F)c(F)c1F. The smallest absolute Gasteiger partial charge is 0.201 e. The number of halogens is 4. The normalized spacial score (nSPS) is 22.5. The van der Waals surface area contributed by atoms with E-state index in [1.807, 2.05) is 0 Å². The van der Waals surface area contributed by atoms with Gasteiger partial charge in [0.2, 0.25) is 5.82 Å². The van der Waals surface area contributed by atoms with Crippen LogP contribution in [0.25, 0.3) is 11.1 Å². The molecule has 44 heavy (non-hydrogen) atoms. The highest BCUT2D eigenvalue weighted by atomic mass is 19.2. The maximum Gasteiger partial charge on any atom is 0.201 e. The third kappa shape index (κ3) is 9.60. The van der Waals surface area contributed by atoms with Crippen molar-refractivity contribution in [1.82, 2.24) is 0 Å². The van der Waals surface area contributed by atoms with Crippen LogP contribution in [0.15, 0.2) is 36.4 Å². The summed E-state index contributed by atoms with van der Waals surface area (Å²) in [5.74, 6) is -2.40. The largest absolute Gasteiger partial charge is 0.490 e. The van der Waals surface area contributed by atoms with E-state index in [0.717, 1.165) is 76.0 Å². The molecule has 0 unspecified atom stereocenters. The summed E-state index contributed by atoms with van der Waals surface area (Å²) in [5.41, 5.74) is -0.203. The second kappa shape index (κ2) is 18.0. The van der Waals surface area contributed by atoms with Crippen molar-refractivity contribution in [2.45, 2.75) is 135 Å². The highest BCUT2D eigenvalue weighted by Crippen LogP contribution is 2.41. The Labute approximate surface area is 263 Å². The highest BCUT2D eigenvalue weighted by Gasteiger charge is 2.28. The first-order valence-corrected chi connectivity index (χ1v) is 17.7. The zero-order chi connectivity index (χ0) is 31.3. The van der Waals surface area contributed by atoms with Crippen molar-refractivity contribution in [2.24, 2.45) is 17.8 Å². The van der Waals surface area contributed by atoms with Gasteiger partial charge in [-0.25, -0.2) is 13.2 Å². The zero-order valence-corrected chi connectivity index (χ0v) is 27.1. The fraction of sp³-hybridized carbons (Fsp3) is 0.641. The summed E-state index contributed by atoms with van der Waals surface area (Å²) in [6, 6.07) is 5.54. The van der Waals surface area contributed by atoms with E-state index in [-0.39, 0.29) is 29.4 Å². The van der Waals surface area contributed by atoms with Crippen molar-refractivity contribution in [1.29, 1.82) is 0 Å². The molecular formula is C39H54F4O. The molecule has 0 N–H and O–H groups in total. The quantitative estimate of drug-likeness (QED) is 0.104. The minimum Gasteiger partial charge on any atom is -0.490 e. The third-order valence-electron chi connectivity index (χ3n) is 10.2. The Balaban J connectivity index is 1.24. The standard InChI is InChI=1S/C39H54F4O/c1-3-5-7-11-27-44-35-26-25-34(38(42)39(35)43)33-24-23-32(36(40)37(33)41)31-21-19-30(20-22-31)14-10-9-13-29-17-15-28(16-18-29)12-8-6-4-2/h9,13,23-26,28-31H,3-8,10-12,14-22,27H2,1-2H3/b13-9+. The number of benzene rings is 2. The van der Waals surface area contributed by atoms with Crippen LogP contribution < -0.4 is 4.74 Å². The maximum atomic E-state index is 15.3. The van der Waals surface area contributed by atoms with Gasteiger partial charge in [-0.2, -0.15) is 4.39 Å². The number of hydrogen-bond acceptors (Lipinski definition) is 1. The highest BCUT2D eigenvalue weighted by molar-refractivity contribution is 5.66. The lowest BCUT2D eigenvalue weighted by atomic mass is 9.76. The van der Waals surface area contributed by atoms with Gasteiger partial charge in [-0.05, 0) is 112 Å². The van der Waals surface area contributed by atoms with Crippen LogP contribution in [0.4, 0.5) is 17.6 Å². The number of rotatable bonds is 16. The van der Waals surface area contributed by atoms with Gasteiger partial charge in [-0.1, -0.05) is 83.1 Å². The predicted octanol–water partition coefficient (Wildman–Crippen LogP) is 12.9. The van der Waals surface area contributed by atoms with Crippen LogP contribution in [0.1, 0.15) is 141 Å². The lowest BCUT2D eigenvalue weighted by Gasteiger charge is -2.29. The molecule has 5 heteroatoms. The molecule has 0 radical (unpaired) electrons. The molecule has 0 saturated heterocycles. The van der Waals surface area contributed by atoms with Crippen LogP contribution in [0, 0.1) is 41.0 Å². The van der Waals surface area contributed by atoms with Gasteiger partial charge in [0.15, 0.2) is 23.2 Å². The second-order valence-electron chi connectivity index (χ2n) is 13.5. The first-order valence-electron chi connectivity index (χ1n) is 17.7. The maximum absolute atomic E-state index is 15.3. The lowest BCUT2D eigenvalue weighted by Crippen LogP contribution is -2.15. The van der Waals surface area contributed by atoms with E-state index in [0.29, 0.717) is 11.5 Å². The molecule has 244 valence electrons. The topological polar surface area (TPSA) is 9.23 Å². The van der Waals surface area contributed by atoms with Crippen LogP contribution in [0.2, 0.25) is 0 Å². The molecule has 2 aromatic rings. The Morgan fingerprint density at radius 2 is 1.25 bits per heavy atom. The van der Waals surface area contributed by atoms with E-state index in [9.17, 15) is 8.78 Å². The Bertz CT molecular complexity index is 1180. The molecule has 0 aromatic heterocycles. The van der Waals surface area contributed by atoms with Gasteiger partial charge in [0, 0.05) is 11.1 Å². The Morgan fingerprint density at radius 3 is 1.95 bits per heavy atom. The van der Waals surface area contributed by atoms with Gasteiger partial charge >= 0.3 is 0 Å². The van der Waals surface area contributed by atoms with Crippen LogP contribution >= 0.6 is 0 Å². The molecule has 2 saturated carbocycles. The molecule has 0 amide bonds. The van der Waals surface area contributed by atoms with Crippen LogP contribution in [-0.2, 0) is 0 Å². The number of ether oxygens (including phenoxy) is 1. The van der Waals surface area contributed by atoms with Crippen LogP contribution in [0.3, 0.4) is 0 Å². The number of hydrogen-bond donors (Lipinski definition) is 0. The van der Waals surface area contributed by atoms with E-state index in [4.69, 9.17) is 4.74 Å². The molecule has 2 aliphatic rings. The van der Waals surface area contributed by atoms with Crippen molar-refractivity contribution in [2.75, 3.05) is 6.61 Å². The van der Waals surface area contributed by atoms with Crippen molar-refractivity contribution < 1.29 is 22.3 Å². The fourth-order valence-electron chi connectivity index (χ4n) is 7.39. The number of unbranched alkanes of at least 4 members (excludes halogenated alkanes) is 5. The van der Waals surface area contributed by atoms with Gasteiger partial charge in [0.1, 0.15) is 0 Å². The van der Waals surface area contributed by atoms with Gasteiger partial charge < -0.3 is 4.74 Å². The van der Waals surface area contributed by atoms with Gasteiger partial charge in [0.25, 0.3) is 0 Å². The molecule has 2 aromatic carbocycles. The molecule has 0 bridgehead atoms. The van der Waals surface area contributed by atoms with E-state index in [2.05, 4.69) is 26.0 Å². The molecule has 0 heterocycles. The lowest BCUT2D eigenvalue weighted by molar-refractivity contribution is 0.285. The summed E-state index contributed by atoms with van der Waals surface area (Å²) < 4.78 is 65.6. The molecule has 2 fully saturated rings. The molecule has 1 nitrogen and oxygen atoms in total. The Kier molecular flexibility index (Phi) is 14.1. The molecule has 0 aliphatic heterocycles. The second-order valence-corrected chi connectivity index (χ2v) is 13.5. The minimum atomic E-state index is -1.22. The van der Waals surface area contributed by atoms with Crippen molar-refractivity contribution in [3.05, 3.63) is 65.2 Å². The summed E-state index contributed by atoms with van der Waals surface area (Å²) in [6.45, 7) is 4.65. The summed E-state index contributed by atoms with van der Waals surface area (Å²) in [5, 5.41) is 0. The fourth-order valence-corrected chi connectivity index (χ4v) is 7.39. The van der Waals surface area contributed by atoms with Gasteiger partial charge in [-0.15, -0.1) is 0 Å². The van der Waals surface area contributed by atoms with E-state index in [1.165, 1.54) is 69.6 Å². The monoisotopic (exact) mass is 614 g/mol. The summed E-state index contributed by atoms with van der Waals surface area (Å²) in [7, 11) is 0. The van der Waals surface area contributed by atoms with Crippen molar-refractivity contribution in [3.63, 3.8) is 0 Å².